The second-order valence-electron chi connectivity index (χ2n) is 5.84. The van der Waals surface area contributed by atoms with Gasteiger partial charge in [-0.15, -0.1) is 0 Å². The summed E-state index contributed by atoms with van der Waals surface area (Å²) in [6.45, 7) is -0.414. The maximum absolute atomic E-state index is 12.4. The zero-order chi connectivity index (χ0) is 22.2. The summed E-state index contributed by atoms with van der Waals surface area (Å²) in [5.74, 6) is -2.24. The summed E-state index contributed by atoms with van der Waals surface area (Å²) in [4.78, 5) is 36.5. The van der Waals surface area contributed by atoms with Crippen LogP contribution in [-0.4, -0.2) is 54.7 Å². The van der Waals surface area contributed by atoms with E-state index in [1.165, 1.54) is 30.0 Å². The fraction of sp³-hybridized carbons (Fsp3) is 0.471. The topological polar surface area (TPSA) is 84.5 Å². The Balaban J connectivity index is 2.79. The van der Waals surface area contributed by atoms with E-state index in [1.807, 2.05) is 0 Å². The molecule has 0 radical (unpaired) electrons. The molecule has 0 heterocycles. The highest BCUT2D eigenvalue weighted by atomic mass is 35.5. The van der Waals surface area contributed by atoms with Crippen molar-refractivity contribution in [2.45, 2.75) is 31.7 Å². The number of carbonyl (C=O) groups is 3. The van der Waals surface area contributed by atoms with Crippen LogP contribution in [0.1, 0.15) is 23.7 Å². The van der Waals surface area contributed by atoms with Crippen LogP contribution >= 0.6 is 35.0 Å². The van der Waals surface area contributed by atoms with Gasteiger partial charge in [0, 0.05) is 5.02 Å². The molecule has 1 aromatic rings. The third-order valence-electron chi connectivity index (χ3n) is 3.50. The SMILES string of the molecule is CSCCC(NC(=O)c1ccc(Cl)cc1Cl)C(=O)OC(C)C(=O)NCC(F)(F)F. The van der Waals surface area contributed by atoms with Crippen LogP contribution in [-0.2, 0) is 14.3 Å². The molecule has 0 spiro atoms. The summed E-state index contributed by atoms with van der Waals surface area (Å²) < 4.78 is 41.5. The lowest BCUT2D eigenvalue weighted by molar-refractivity contribution is -0.159. The number of nitrogens with one attached hydrogen (secondary N) is 2. The Kier molecular flexibility index (Phi) is 10.1. The molecule has 0 fully saturated rings. The maximum atomic E-state index is 12.4. The summed E-state index contributed by atoms with van der Waals surface area (Å²) >= 11 is 13.2. The Labute approximate surface area is 179 Å². The Morgan fingerprint density at radius 3 is 2.45 bits per heavy atom. The summed E-state index contributed by atoms with van der Waals surface area (Å²) in [7, 11) is 0. The zero-order valence-corrected chi connectivity index (χ0v) is 17.8. The van der Waals surface area contributed by atoms with E-state index in [1.54, 1.807) is 11.6 Å². The van der Waals surface area contributed by atoms with Crippen molar-refractivity contribution in [3.05, 3.63) is 33.8 Å². The van der Waals surface area contributed by atoms with Crippen molar-refractivity contribution < 1.29 is 32.3 Å². The van der Waals surface area contributed by atoms with Crippen LogP contribution in [0.3, 0.4) is 0 Å². The van der Waals surface area contributed by atoms with Crippen LogP contribution in [0.15, 0.2) is 18.2 Å². The molecular weight excluding hydrogens is 456 g/mol. The van der Waals surface area contributed by atoms with Gasteiger partial charge < -0.3 is 15.4 Å². The van der Waals surface area contributed by atoms with Crippen molar-refractivity contribution in [1.82, 2.24) is 10.6 Å². The first-order chi connectivity index (χ1) is 13.4. The number of carbonyl (C=O) groups excluding carboxylic acids is 3. The standard InChI is InChI=1S/C17H19Cl2F3N2O4S/c1-9(14(25)23-8-17(20,21)22)28-16(27)13(5-6-29-2)24-15(26)11-4-3-10(18)7-12(11)19/h3-4,7,9,13H,5-6,8H2,1-2H3,(H,23,25)(H,24,26). The van der Waals surface area contributed by atoms with Gasteiger partial charge in [-0.25, -0.2) is 4.79 Å². The summed E-state index contributed by atoms with van der Waals surface area (Å²) in [5.41, 5.74) is 0.0778. The quantitative estimate of drug-likeness (QED) is 0.535. The lowest BCUT2D eigenvalue weighted by Gasteiger charge is -2.20. The number of thioether (sulfide) groups is 1. The van der Waals surface area contributed by atoms with E-state index in [-0.39, 0.29) is 17.0 Å². The third kappa shape index (κ3) is 9.14. The number of alkyl halides is 3. The lowest BCUT2D eigenvalue weighted by Crippen LogP contribution is -2.46. The molecule has 1 rings (SSSR count). The minimum atomic E-state index is -4.59. The van der Waals surface area contributed by atoms with Crippen molar-refractivity contribution in [3.63, 3.8) is 0 Å². The molecule has 2 N–H and O–H groups in total. The molecule has 0 aliphatic heterocycles. The number of hydrogen-bond donors (Lipinski definition) is 2. The van der Waals surface area contributed by atoms with Crippen molar-refractivity contribution in [1.29, 1.82) is 0 Å². The second kappa shape index (κ2) is 11.5. The van der Waals surface area contributed by atoms with Gasteiger partial charge in [-0.05, 0) is 43.6 Å². The van der Waals surface area contributed by atoms with Gasteiger partial charge in [0.25, 0.3) is 11.8 Å². The Bertz CT molecular complexity index is 750. The van der Waals surface area contributed by atoms with Crippen LogP contribution in [0.25, 0.3) is 0 Å². The van der Waals surface area contributed by atoms with Gasteiger partial charge in [-0.3, -0.25) is 9.59 Å². The average molecular weight is 475 g/mol. The van der Waals surface area contributed by atoms with Crippen molar-refractivity contribution in [3.8, 4) is 0 Å². The molecule has 6 nitrogen and oxygen atoms in total. The third-order valence-corrected chi connectivity index (χ3v) is 4.69. The molecule has 2 atom stereocenters. The van der Waals surface area contributed by atoms with E-state index in [9.17, 15) is 27.6 Å². The highest BCUT2D eigenvalue weighted by molar-refractivity contribution is 7.98. The molecule has 12 heteroatoms. The predicted molar refractivity (Wildman–Crippen MR) is 105 cm³/mol. The minimum absolute atomic E-state index is 0.0758. The van der Waals surface area contributed by atoms with E-state index in [0.29, 0.717) is 10.8 Å². The number of ether oxygens (including phenoxy) is 1. The first-order valence-corrected chi connectivity index (χ1v) is 10.4. The summed E-state index contributed by atoms with van der Waals surface area (Å²) in [5, 5.41) is 4.49. The molecule has 1 aromatic carbocycles. The van der Waals surface area contributed by atoms with Gasteiger partial charge >= 0.3 is 12.1 Å². The molecule has 2 amide bonds. The Morgan fingerprint density at radius 1 is 1.24 bits per heavy atom. The van der Waals surface area contributed by atoms with E-state index in [4.69, 9.17) is 27.9 Å². The molecule has 29 heavy (non-hydrogen) atoms. The lowest BCUT2D eigenvalue weighted by atomic mass is 10.1. The molecule has 0 saturated heterocycles. The molecular formula is C17H19Cl2F3N2O4S. The van der Waals surface area contributed by atoms with Crippen LogP contribution in [0, 0.1) is 0 Å². The van der Waals surface area contributed by atoms with Gasteiger partial charge in [0.05, 0.1) is 10.6 Å². The van der Waals surface area contributed by atoms with Crippen LogP contribution in [0.4, 0.5) is 13.2 Å². The Morgan fingerprint density at radius 2 is 1.90 bits per heavy atom. The van der Waals surface area contributed by atoms with Crippen molar-refractivity contribution >= 4 is 52.7 Å². The zero-order valence-electron chi connectivity index (χ0n) is 15.4. The molecule has 2 unspecified atom stereocenters. The molecule has 0 aliphatic rings. The molecule has 0 aliphatic carbocycles. The minimum Gasteiger partial charge on any atom is -0.451 e. The van der Waals surface area contributed by atoms with Crippen LogP contribution in [0.5, 0.6) is 0 Å². The number of esters is 1. The number of halogens is 5. The van der Waals surface area contributed by atoms with E-state index >= 15 is 0 Å². The normalized spacial score (nSPS) is 13.3. The van der Waals surface area contributed by atoms with E-state index < -0.39 is 42.7 Å². The van der Waals surface area contributed by atoms with Gasteiger partial charge in [0.15, 0.2) is 6.10 Å². The fourth-order valence-corrected chi connectivity index (χ4v) is 3.00. The van der Waals surface area contributed by atoms with Crippen molar-refractivity contribution in [2.75, 3.05) is 18.6 Å². The number of hydrogen-bond acceptors (Lipinski definition) is 5. The number of benzene rings is 1. The second-order valence-corrected chi connectivity index (χ2v) is 7.67. The number of amides is 2. The molecule has 0 bridgehead atoms. The smallest absolute Gasteiger partial charge is 0.405 e. The summed E-state index contributed by atoms with van der Waals surface area (Å²) in [6, 6.07) is 3.06. The van der Waals surface area contributed by atoms with E-state index in [0.717, 1.165) is 6.92 Å². The number of rotatable bonds is 9. The summed E-state index contributed by atoms with van der Waals surface area (Å²) in [6.07, 6.45) is -4.11. The fourth-order valence-electron chi connectivity index (χ4n) is 2.04. The van der Waals surface area contributed by atoms with Gasteiger partial charge in [-0.2, -0.15) is 24.9 Å². The van der Waals surface area contributed by atoms with Gasteiger partial charge in [-0.1, -0.05) is 23.2 Å². The average Bonchev–Trinajstić information content (AvgIpc) is 2.61. The monoisotopic (exact) mass is 474 g/mol. The van der Waals surface area contributed by atoms with Crippen LogP contribution < -0.4 is 10.6 Å². The molecule has 0 aromatic heterocycles. The van der Waals surface area contributed by atoms with Crippen molar-refractivity contribution in [2.24, 2.45) is 0 Å². The highest BCUT2D eigenvalue weighted by Gasteiger charge is 2.31. The maximum Gasteiger partial charge on any atom is 0.405 e. The largest absolute Gasteiger partial charge is 0.451 e. The first-order valence-electron chi connectivity index (χ1n) is 8.24. The van der Waals surface area contributed by atoms with Gasteiger partial charge in [0.2, 0.25) is 0 Å². The Hall–Kier alpha value is -1.65. The van der Waals surface area contributed by atoms with E-state index in [2.05, 4.69) is 5.32 Å². The van der Waals surface area contributed by atoms with Crippen LogP contribution in [0.2, 0.25) is 10.0 Å². The van der Waals surface area contributed by atoms with Gasteiger partial charge in [0.1, 0.15) is 12.6 Å². The molecule has 0 saturated carbocycles. The highest BCUT2D eigenvalue weighted by Crippen LogP contribution is 2.21. The first kappa shape index (κ1) is 25.4. The predicted octanol–water partition coefficient (Wildman–Crippen LogP) is 3.46. The molecule has 162 valence electrons.